The van der Waals surface area contributed by atoms with E-state index >= 15 is 0 Å². The molecule has 0 amide bonds. The van der Waals surface area contributed by atoms with Crippen LogP contribution in [0.5, 0.6) is 0 Å². The van der Waals surface area contributed by atoms with Crippen LogP contribution in [0.25, 0.3) is 11.1 Å². The Hall–Kier alpha value is -3.51. The van der Waals surface area contributed by atoms with Crippen LogP contribution in [-0.4, -0.2) is 48.2 Å². The number of nitrogens with one attached hydrogen (secondary N) is 2. The Labute approximate surface area is 189 Å². The van der Waals surface area contributed by atoms with E-state index in [0.29, 0.717) is 0 Å². The Morgan fingerprint density at radius 2 is 1.94 bits per heavy atom. The molecule has 6 nitrogen and oxygen atoms in total. The Kier molecular flexibility index (Phi) is 5.94. The summed E-state index contributed by atoms with van der Waals surface area (Å²) in [5, 5.41) is 3.33. The molecule has 0 unspecified atom stereocenters. The number of anilines is 1. The molecule has 2 aromatic carbocycles. The second-order valence-corrected chi connectivity index (χ2v) is 8.26. The highest BCUT2D eigenvalue weighted by Gasteiger charge is 2.22. The summed E-state index contributed by atoms with van der Waals surface area (Å²) in [5.74, 6) is 0.879. The highest BCUT2D eigenvalue weighted by Crippen LogP contribution is 2.31. The molecule has 3 aromatic rings. The van der Waals surface area contributed by atoms with Crippen LogP contribution in [0.3, 0.4) is 0 Å². The van der Waals surface area contributed by atoms with Crippen molar-refractivity contribution in [2.75, 3.05) is 38.2 Å². The first-order chi connectivity index (χ1) is 15.8. The largest absolute Gasteiger partial charge is 0.482 e. The van der Waals surface area contributed by atoms with Crippen LogP contribution >= 0.6 is 0 Å². The van der Waals surface area contributed by atoms with Crippen molar-refractivity contribution in [1.82, 2.24) is 20.2 Å². The number of aromatic nitrogens is 2. The highest BCUT2D eigenvalue weighted by atomic mass is 16.5. The zero-order valence-corrected chi connectivity index (χ0v) is 18.4. The number of fused-ring (bicyclic) bond motifs is 1. The lowest BCUT2D eigenvalue weighted by Crippen LogP contribution is -2.33. The molecule has 3 heterocycles. The van der Waals surface area contributed by atoms with E-state index in [1.54, 1.807) is 13.4 Å². The van der Waals surface area contributed by atoms with Crippen molar-refractivity contribution in [2.24, 2.45) is 0 Å². The van der Waals surface area contributed by atoms with Gasteiger partial charge < -0.3 is 19.9 Å². The number of benzene rings is 2. The molecule has 0 bridgehead atoms. The molecule has 0 radical (unpaired) electrons. The lowest BCUT2D eigenvalue weighted by molar-refractivity contribution is 0.246. The van der Waals surface area contributed by atoms with E-state index in [1.807, 2.05) is 6.20 Å². The number of hydrogen-bond donors (Lipinski definition) is 2. The van der Waals surface area contributed by atoms with Crippen LogP contribution in [0.1, 0.15) is 11.3 Å². The lowest BCUT2D eigenvalue weighted by Gasteiger charge is -2.25. The molecular weight excluding hydrogens is 398 g/mol. The van der Waals surface area contributed by atoms with Gasteiger partial charge in [-0.1, -0.05) is 48.6 Å². The second-order valence-electron chi connectivity index (χ2n) is 8.26. The van der Waals surface area contributed by atoms with Gasteiger partial charge in [0.1, 0.15) is 0 Å². The van der Waals surface area contributed by atoms with E-state index in [4.69, 9.17) is 4.74 Å². The van der Waals surface area contributed by atoms with Crippen LogP contribution in [0.2, 0.25) is 0 Å². The van der Waals surface area contributed by atoms with Gasteiger partial charge in [0, 0.05) is 50.2 Å². The Bertz CT molecular complexity index is 1100. The molecule has 2 N–H and O–H groups in total. The number of dihydropyridines is 1. The zero-order valence-electron chi connectivity index (χ0n) is 18.4. The smallest absolute Gasteiger partial charge is 0.191 e. The van der Waals surface area contributed by atoms with E-state index in [-0.39, 0.29) is 0 Å². The Morgan fingerprint density at radius 3 is 2.75 bits per heavy atom. The molecule has 5 rings (SSSR count). The summed E-state index contributed by atoms with van der Waals surface area (Å²) in [5.41, 5.74) is 7.45. The van der Waals surface area contributed by atoms with Crippen LogP contribution in [0.4, 0.5) is 5.69 Å². The molecule has 1 aromatic heterocycles. The minimum atomic E-state index is 0.813. The zero-order chi connectivity index (χ0) is 21.8. The average molecular weight is 428 g/mol. The molecule has 32 heavy (non-hydrogen) atoms. The third-order valence-electron chi connectivity index (χ3n) is 6.11. The standard InChI is InChI=1S/C26H29N5O/c1-32-26-22(8-5-11-28-26)16-30-12-13-31(18-24-15-27-19-29-24)25-10-9-21(14-23(25)17-30)20-6-3-2-4-7-20/h2-10,14-15,19,28H,11-13,16-18H2,1H3,(H,27,29). The first-order valence-corrected chi connectivity index (χ1v) is 11.1. The molecule has 0 spiro atoms. The fraction of sp³-hybridized carbons (Fsp3) is 0.269. The summed E-state index contributed by atoms with van der Waals surface area (Å²) in [4.78, 5) is 12.4. The monoisotopic (exact) mass is 427 g/mol. The molecular formula is C26H29N5O. The van der Waals surface area contributed by atoms with Gasteiger partial charge >= 0.3 is 0 Å². The van der Waals surface area contributed by atoms with Crippen molar-refractivity contribution in [3.63, 3.8) is 0 Å². The van der Waals surface area contributed by atoms with Crippen molar-refractivity contribution in [3.05, 3.63) is 95.9 Å². The minimum absolute atomic E-state index is 0.813. The van der Waals surface area contributed by atoms with E-state index < -0.39 is 0 Å². The SMILES string of the molecule is COC1=C(CN2CCN(Cc3cnc[nH]3)c3ccc(-c4ccccc4)cc3C2)C=CCN1. The third kappa shape index (κ3) is 4.41. The van der Waals surface area contributed by atoms with Crippen molar-refractivity contribution < 1.29 is 4.74 Å². The van der Waals surface area contributed by atoms with Gasteiger partial charge in [0.15, 0.2) is 5.88 Å². The van der Waals surface area contributed by atoms with Gasteiger partial charge in [0.25, 0.3) is 0 Å². The summed E-state index contributed by atoms with van der Waals surface area (Å²) >= 11 is 0. The molecule has 0 fully saturated rings. The van der Waals surface area contributed by atoms with Crippen molar-refractivity contribution in [3.8, 4) is 11.1 Å². The summed E-state index contributed by atoms with van der Waals surface area (Å²) in [6, 6.07) is 17.5. The first kappa shape index (κ1) is 20.4. The Balaban J connectivity index is 1.47. The first-order valence-electron chi connectivity index (χ1n) is 11.1. The maximum absolute atomic E-state index is 5.58. The molecule has 164 valence electrons. The normalized spacial score (nSPS) is 16.5. The maximum Gasteiger partial charge on any atom is 0.191 e. The summed E-state index contributed by atoms with van der Waals surface area (Å²) in [7, 11) is 1.73. The molecule has 0 aliphatic carbocycles. The third-order valence-corrected chi connectivity index (χ3v) is 6.11. The summed E-state index contributed by atoms with van der Waals surface area (Å²) in [6.45, 7) is 5.29. The molecule has 2 aliphatic rings. The van der Waals surface area contributed by atoms with Crippen LogP contribution in [0, 0.1) is 0 Å². The highest BCUT2D eigenvalue weighted by molar-refractivity contribution is 5.69. The van der Waals surface area contributed by atoms with E-state index in [1.165, 1.54) is 28.0 Å². The predicted molar refractivity (Wildman–Crippen MR) is 128 cm³/mol. The molecule has 6 heteroatoms. The summed E-state index contributed by atoms with van der Waals surface area (Å²) < 4.78 is 5.58. The molecule has 0 atom stereocenters. The van der Waals surface area contributed by atoms with Crippen molar-refractivity contribution >= 4 is 5.69 Å². The molecule has 2 aliphatic heterocycles. The number of H-pyrrole nitrogens is 1. The number of nitrogens with zero attached hydrogens (tertiary/aromatic N) is 3. The molecule has 0 saturated heterocycles. The van der Waals surface area contributed by atoms with E-state index in [2.05, 4.69) is 85.8 Å². The van der Waals surface area contributed by atoms with Gasteiger partial charge in [-0.15, -0.1) is 0 Å². The topological polar surface area (TPSA) is 56.4 Å². The predicted octanol–water partition coefficient (Wildman–Crippen LogP) is 3.92. The van der Waals surface area contributed by atoms with Gasteiger partial charge in [-0.25, -0.2) is 4.98 Å². The number of hydrogen-bond acceptors (Lipinski definition) is 5. The minimum Gasteiger partial charge on any atom is -0.482 e. The van der Waals surface area contributed by atoms with Gasteiger partial charge in [0.2, 0.25) is 0 Å². The Morgan fingerprint density at radius 1 is 1.03 bits per heavy atom. The van der Waals surface area contributed by atoms with E-state index in [9.17, 15) is 0 Å². The number of methoxy groups -OCH3 is 1. The number of rotatable bonds is 6. The fourth-order valence-corrected chi connectivity index (χ4v) is 4.52. The van der Waals surface area contributed by atoms with Crippen LogP contribution < -0.4 is 10.2 Å². The number of ether oxygens (including phenoxy) is 1. The summed E-state index contributed by atoms with van der Waals surface area (Å²) in [6.07, 6.45) is 8.00. The van der Waals surface area contributed by atoms with Crippen LogP contribution in [-0.2, 0) is 17.8 Å². The van der Waals surface area contributed by atoms with Gasteiger partial charge in [-0.05, 0) is 28.8 Å². The maximum atomic E-state index is 5.58. The van der Waals surface area contributed by atoms with Crippen LogP contribution in [0.15, 0.2) is 84.7 Å². The van der Waals surface area contributed by atoms with Gasteiger partial charge in [-0.3, -0.25) is 4.90 Å². The number of imidazole rings is 1. The average Bonchev–Trinajstić information content (AvgIpc) is 3.29. The second kappa shape index (κ2) is 9.32. The van der Waals surface area contributed by atoms with Gasteiger partial charge in [-0.2, -0.15) is 0 Å². The van der Waals surface area contributed by atoms with Crippen molar-refractivity contribution in [2.45, 2.75) is 13.1 Å². The quantitative estimate of drug-likeness (QED) is 0.625. The fourth-order valence-electron chi connectivity index (χ4n) is 4.52. The number of aromatic amines is 1. The van der Waals surface area contributed by atoms with Gasteiger partial charge in [0.05, 0.1) is 25.7 Å². The lowest BCUT2D eigenvalue weighted by atomic mass is 10.0. The molecule has 0 saturated carbocycles. The van der Waals surface area contributed by atoms with E-state index in [0.717, 1.165) is 50.8 Å². The van der Waals surface area contributed by atoms with Crippen molar-refractivity contribution in [1.29, 1.82) is 0 Å².